The molecule has 0 spiro atoms. The fraction of sp³-hybridized carbons (Fsp3) is 0.429. The van der Waals surface area contributed by atoms with Gasteiger partial charge in [0.2, 0.25) is 10.0 Å². The van der Waals surface area contributed by atoms with Crippen LogP contribution in [0.4, 0.5) is 5.69 Å². The monoisotopic (exact) mass is 564 g/mol. The summed E-state index contributed by atoms with van der Waals surface area (Å²) in [6.45, 7) is 7.40. The number of benzene rings is 1. The SMILES string of the molecule is Cc1cccc(-c2ccn(-c3cc(N4CCOCC4)c4sc(CN5C[C@H]6CC5CN6S(C)(=O)=O)cc4n3)n2)c1. The summed E-state index contributed by atoms with van der Waals surface area (Å²) in [7, 11) is -3.14. The van der Waals surface area contributed by atoms with Crippen molar-refractivity contribution in [1.82, 2.24) is 24.0 Å². The number of nitrogens with zero attached hydrogens (tertiary/aromatic N) is 6. The molecule has 2 atom stereocenters. The average Bonchev–Trinajstić information content (AvgIpc) is 3.71. The van der Waals surface area contributed by atoms with E-state index in [1.165, 1.54) is 27.1 Å². The van der Waals surface area contributed by atoms with Gasteiger partial charge in [0, 0.05) is 67.5 Å². The van der Waals surface area contributed by atoms with E-state index >= 15 is 0 Å². The van der Waals surface area contributed by atoms with Crippen LogP contribution in [0.15, 0.2) is 48.7 Å². The minimum Gasteiger partial charge on any atom is -0.378 e. The van der Waals surface area contributed by atoms with Crippen LogP contribution in [0.1, 0.15) is 16.9 Å². The second-order valence-electron chi connectivity index (χ2n) is 10.8. The quantitative estimate of drug-likeness (QED) is 0.354. The van der Waals surface area contributed by atoms with Crippen molar-refractivity contribution in [2.24, 2.45) is 0 Å². The molecule has 204 valence electrons. The van der Waals surface area contributed by atoms with Crippen molar-refractivity contribution in [2.75, 3.05) is 50.5 Å². The Hall–Kier alpha value is -2.83. The molecule has 3 fully saturated rings. The lowest BCUT2D eigenvalue weighted by molar-refractivity contribution is 0.123. The molecule has 1 unspecified atom stereocenters. The molecule has 6 heterocycles. The Morgan fingerprint density at radius 2 is 1.92 bits per heavy atom. The zero-order chi connectivity index (χ0) is 26.7. The molecule has 3 aliphatic rings. The van der Waals surface area contributed by atoms with Gasteiger partial charge in [0.05, 0.1) is 41.1 Å². The van der Waals surface area contributed by atoms with Gasteiger partial charge in [-0.1, -0.05) is 23.8 Å². The molecule has 4 aromatic rings. The minimum atomic E-state index is -3.14. The number of anilines is 1. The maximum absolute atomic E-state index is 12.1. The number of piperazine rings is 1. The summed E-state index contributed by atoms with van der Waals surface area (Å²) in [6, 6.07) is 15.2. The lowest BCUT2D eigenvalue weighted by Gasteiger charge is -2.32. The van der Waals surface area contributed by atoms with E-state index in [0.29, 0.717) is 19.8 Å². The van der Waals surface area contributed by atoms with Crippen LogP contribution < -0.4 is 4.90 Å². The molecular weight excluding hydrogens is 532 g/mol. The summed E-state index contributed by atoms with van der Waals surface area (Å²) >= 11 is 1.80. The largest absolute Gasteiger partial charge is 0.378 e. The molecular formula is C28H32N6O3S2. The van der Waals surface area contributed by atoms with E-state index in [2.05, 4.69) is 53.1 Å². The van der Waals surface area contributed by atoms with Gasteiger partial charge < -0.3 is 9.64 Å². The first-order valence-electron chi connectivity index (χ1n) is 13.4. The van der Waals surface area contributed by atoms with E-state index in [4.69, 9.17) is 14.8 Å². The number of morpholine rings is 1. The van der Waals surface area contributed by atoms with Crippen molar-refractivity contribution in [1.29, 1.82) is 0 Å². The Morgan fingerprint density at radius 3 is 2.67 bits per heavy atom. The van der Waals surface area contributed by atoms with E-state index in [-0.39, 0.29) is 12.1 Å². The Balaban J connectivity index is 1.21. The standard InChI is InChI=1S/C28H32N6O3S2/c1-19-4-3-5-20(12-19)24-6-7-33(30-24)27-15-26(31-8-10-37-11-9-31)28-25(29-27)14-23(38-28)18-32-16-22-13-21(32)17-34(22)39(2,35)36/h3-7,12,14-15,21-22H,8-11,13,16-18H2,1-2H3/t21?,22-/m1/s1. The smallest absolute Gasteiger partial charge is 0.211 e. The van der Waals surface area contributed by atoms with Crippen LogP contribution >= 0.6 is 11.3 Å². The van der Waals surface area contributed by atoms with Crippen LogP contribution in [-0.4, -0.2) is 90.1 Å². The summed E-state index contributed by atoms with van der Waals surface area (Å²) in [4.78, 5) is 11.1. The Morgan fingerprint density at radius 1 is 1.08 bits per heavy atom. The molecule has 2 bridgehead atoms. The number of aromatic nitrogens is 3. The third kappa shape index (κ3) is 4.76. The summed E-state index contributed by atoms with van der Waals surface area (Å²) in [5, 5.41) is 4.88. The van der Waals surface area contributed by atoms with Crippen molar-refractivity contribution in [3.05, 3.63) is 59.1 Å². The van der Waals surface area contributed by atoms with Gasteiger partial charge >= 0.3 is 0 Å². The first-order chi connectivity index (χ1) is 18.8. The van der Waals surface area contributed by atoms with E-state index in [1.807, 2.05) is 16.9 Å². The van der Waals surface area contributed by atoms with E-state index in [0.717, 1.165) is 55.2 Å². The first kappa shape index (κ1) is 25.2. The van der Waals surface area contributed by atoms with Crippen LogP contribution in [0.2, 0.25) is 0 Å². The number of hydrogen-bond donors (Lipinski definition) is 0. The van der Waals surface area contributed by atoms with Crippen molar-refractivity contribution in [2.45, 2.75) is 32.0 Å². The molecule has 1 aromatic carbocycles. The highest BCUT2D eigenvalue weighted by atomic mass is 32.2. The predicted octanol–water partition coefficient (Wildman–Crippen LogP) is 3.51. The fourth-order valence-electron chi connectivity index (χ4n) is 6.20. The number of ether oxygens (including phenoxy) is 1. The maximum Gasteiger partial charge on any atom is 0.211 e. The number of sulfonamides is 1. The number of fused-ring (bicyclic) bond motifs is 3. The van der Waals surface area contributed by atoms with Gasteiger partial charge in [-0.25, -0.2) is 18.1 Å². The molecule has 0 amide bonds. The number of rotatable bonds is 6. The molecule has 7 rings (SSSR count). The highest BCUT2D eigenvalue weighted by Crippen LogP contribution is 2.38. The van der Waals surface area contributed by atoms with E-state index < -0.39 is 10.0 Å². The van der Waals surface area contributed by atoms with Gasteiger partial charge in [0.15, 0.2) is 5.82 Å². The van der Waals surface area contributed by atoms with Crippen molar-refractivity contribution < 1.29 is 13.2 Å². The van der Waals surface area contributed by atoms with E-state index in [1.54, 1.807) is 15.6 Å². The molecule has 9 nitrogen and oxygen atoms in total. The highest BCUT2D eigenvalue weighted by molar-refractivity contribution is 7.88. The highest BCUT2D eigenvalue weighted by Gasteiger charge is 2.46. The summed E-state index contributed by atoms with van der Waals surface area (Å²) in [6.07, 6.45) is 4.22. The fourth-order valence-corrected chi connectivity index (χ4v) is 8.50. The number of hydrogen-bond acceptors (Lipinski definition) is 8. The predicted molar refractivity (Wildman–Crippen MR) is 154 cm³/mol. The second kappa shape index (κ2) is 9.67. The number of aryl methyl sites for hydroxylation is 1. The molecule has 3 saturated heterocycles. The first-order valence-corrected chi connectivity index (χ1v) is 16.1. The summed E-state index contributed by atoms with van der Waals surface area (Å²) in [5.74, 6) is 0.802. The van der Waals surface area contributed by atoms with Crippen molar-refractivity contribution in [3.63, 3.8) is 0 Å². The van der Waals surface area contributed by atoms with Gasteiger partial charge in [-0.05, 0) is 31.5 Å². The Labute approximate surface area is 232 Å². The van der Waals surface area contributed by atoms with Gasteiger partial charge in [0.25, 0.3) is 0 Å². The van der Waals surface area contributed by atoms with Crippen LogP contribution in [0.5, 0.6) is 0 Å². The second-order valence-corrected chi connectivity index (χ2v) is 13.9. The Kier molecular flexibility index (Phi) is 6.24. The normalized spacial score (nSPS) is 22.4. The zero-order valence-corrected chi connectivity index (χ0v) is 23.8. The van der Waals surface area contributed by atoms with Crippen LogP contribution in [0.25, 0.3) is 27.3 Å². The van der Waals surface area contributed by atoms with Gasteiger partial charge in [-0.2, -0.15) is 9.40 Å². The number of pyridine rings is 1. The molecule has 0 saturated carbocycles. The molecule has 0 radical (unpaired) electrons. The topological polar surface area (TPSA) is 83.8 Å². The lowest BCUT2D eigenvalue weighted by Crippen LogP contribution is -2.47. The Bertz CT molecular complexity index is 1640. The van der Waals surface area contributed by atoms with Crippen molar-refractivity contribution in [3.8, 4) is 17.1 Å². The number of likely N-dealkylation sites (tertiary alicyclic amines) is 1. The van der Waals surface area contributed by atoms with Crippen LogP contribution in [0, 0.1) is 6.92 Å². The minimum absolute atomic E-state index is 0.0930. The molecule has 0 aliphatic carbocycles. The van der Waals surface area contributed by atoms with Crippen LogP contribution in [0.3, 0.4) is 0 Å². The third-order valence-electron chi connectivity index (χ3n) is 8.08. The zero-order valence-electron chi connectivity index (χ0n) is 22.2. The summed E-state index contributed by atoms with van der Waals surface area (Å²) < 4.78 is 34.6. The van der Waals surface area contributed by atoms with Gasteiger partial charge in [-0.3, -0.25) is 4.90 Å². The molecule has 11 heteroatoms. The molecule has 0 N–H and O–H groups in total. The van der Waals surface area contributed by atoms with Crippen molar-refractivity contribution >= 4 is 37.3 Å². The number of thiophene rings is 1. The molecule has 3 aliphatic heterocycles. The van der Waals surface area contributed by atoms with Gasteiger partial charge in [-0.15, -0.1) is 11.3 Å². The maximum atomic E-state index is 12.1. The van der Waals surface area contributed by atoms with Crippen LogP contribution in [-0.2, 0) is 21.3 Å². The third-order valence-corrected chi connectivity index (χ3v) is 10.5. The molecule has 39 heavy (non-hydrogen) atoms. The average molecular weight is 565 g/mol. The van der Waals surface area contributed by atoms with E-state index in [9.17, 15) is 8.42 Å². The molecule has 3 aromatic heterocycles. The lowest BCUT2D eigenvalue weighted by atomic mass is 10.1. The van der Waals surface area contributed by atoms with Gasteiger partial charge in [0.1, 0.15) is 0 Å². The summed E-state index contributed by atoms with van der Waals surface area (Å²) in [5.41, 5.74) is 5.37.